The number of phosphoric ester groups is 1. The molecule has 0 spiro atoms. The molecule has 0 aromatic carbocycles. The lowest BCUT2D eigenvalue weighted by atomic mass is 9.85. The fourth-order valence-electron chi connectivity index (χ4n) is 18.1. The molecule has 2 heterocycles. The first-order chi connectivity index (χ1) is 56.2. The van der Waals surface area contributed by atoms with Gasteiger partial charge in [0, 0.05) is 26.4 Å². The van der Waals surface area contributed by atoms with Crippen molar-refractivity contribution < 1.29 is 92.9 Å². The third-order valence-corrected chi connectivity index (χ3v) is 28.7. The third-order valence-electron chi connectivity index (χ3n) is 27.7. The zero-order valence-electron chi connectivity index (χ0n) is 78.6. The number of aliphatic hydroxyl groups excluding tert-OH is 9. The number of phosphoric acid groups is 1. The Morgan fingerprint density at radius 2 is 0.593 bits per heavy atom. The Kier molecular flexibility index (Phi) is 62.1. The quantitative estimate of drug-likeness (QED) is 0.0758. The van der Waals surface area contributed by atoms with Crippen LogP contribution >= 0.6 is 7.82 Å². The van der Waals surface area contributed by atoms with Crippen molar-refractivity contribution in [1.82, 2.24) is 0 Å². The average molecular weight is 1700 g/mol. The summed E-state index contributed by atoms with van der Waals surface area (Å²) in [7, 11) is -4.97. The number of rotatable bonds is 9. The lowest BCUT2D eigenvalue weighted by molar-refractivity contribution is -0.306. The van der Waals surface area contributed by atoms with Gasteiger partial charge in [-0.25, -0.2) is 4.57 Å². The molecular weight excluding hydrogens is 1510 g/mol. The molecule has 2 aliphatic heterocycles. The molecule has 3 aliphatic rings. The highest BCUT2D eigenvalue weighted by Crippen LogP contribution is 2.47. The van der Waals surface area contributed by atoms with E-state index in [0.29, 0.717) is 74.5 Å². The van der Waals surface area contributed by atoms with Gasteiger partial charge in [0.25, 0.3) is 0 Å². The highest BCUT2D eigenvalue weighted by molar-refractivity contribution is 7.47. The fourth-order valence-corrected chi connectivity index (χ4v) is 19.1. The number of hydrogen-bond acceptors (Lipinski definition) is 18. The van der Waals surface area contributed by atoms with Crippen molar-refractivity contribution in [3.05, 3.63) is 12.2 Å². The van der Waals surface area contributed by atoms with Gasteiger partial charge < -0.3 is 79.3 Å². The monoisotopic (exact) mass is 1700 g/mol. The number of hydrogen-bond donors (Lipinski definition) is 10. The van der Waals surface area contributed by atoms with Gasteiger partial charge in [0.15, 0.2) is 6.29 Å². The first kappa shape index (κ1) is 111. The second-order valence-corrected chi connectivity index (χ2v) is 42.1. The van der Waals surface area contributed by atoms with Gasteiger partial charge in [-0.1, -0.05) is 354 Å². The molecule has 0 aromatic heterocycles. The molecule has 10 N–H and O–H groups in total. The molecule has 19 nitrogen and oxygen atoms in total. The van der Waals surface area contributed by atoms with Crippen LogP contribution in [-0.4, -0.2) is 190 Å². The average Bonchev–Trinajstić information content (AvgIpc) is 0.785. The molecule has 1 saturated heterocycles. The van der Waals surface area contributed by atoms with Crippen LogP contribution in [0.2, 0.25) is 0 Å². The maximum atomic E-state index is 13.3. The van der Waals surface area contributed by atoms with Crippen molar-refractivity contribution in [2.24, 2.45) is 94.7 Å². The maximum Gasteiger partial charge on any atom is 0.472 e. The lowest BCUT2D eigenvalue weighted by Crippen LogP contribution is -2.64. The molecule has 702 valence electrons. The van der Waals surface area contributed by atoms with Gasteiger partial charge in [0.2, 0.25) is 0 Å². The predicted molar refractivity (Wildman–Crippen MR) is 481 cm³/mol. The van der Waals surface area contributed by atoms with Crippen LogP contribution in [0, 0.1) is 94.7 Å². The number of allylic oxidation sites excluding steroid dienone is 2. The largest absolute Gasteiger partial charge is 0.472 e. The summed E-state index contributed by atoms with van der Waals surface area (Å²) in [6.07, 6.45) is 37.2. The normalized spacial score (nSPS) is 40.0. The summed E-state index contributed by atoms with van der Waals surface area (Å²) >= 11 is 0. The minimum atomic E-state index is -4.97. The predicted octanol–water partition coefficient (Wildman–Crippen LogP) is 21.1. The van der Waals surface area contributed by atoms with E-state index in [9.17, 15) is 55.4 Å². The summed E-state index contributed by atoms with van der Waals surface area (Å²) in [6, 6.07) is 0. The molecule has 0 bridgehead atoms. The standard InChI is InChI=1S/C98H191O19P/c1-70-29-17-33-74(5)41-25-49-82(13)57-61-110-66-86(68-114-98-96(107)90(101)89(100)88(65-99)116-98)112-63-59-84(15)51-27-43-76(7)35-19-31-72(3)39-23-47-80(11)55-56-81(12)48-24-40-73(4)32-20-36-77(8)44-28-52-85(16)60-64-113-87(69-115-118(108,109)117-97-94(105)92(103)91(102)93(104)95(97)106)67-111-62-58-83(14)50-26-42-75(6)34-18-30-71(2)38-22-46-79(10)54-53-78(9)45-21-37-70/h27,43,70-107H,17-26,28-42,44-69H2,1-16H3,(H,108,109)/b43-27+/t70-,71-,72-,73-,74+,75+,76+,77+,78-,79-,80-,81-,82+,83+,84+,85+,86-,87-,88+,89+,90-,91?,92-,93+,94+,95-,96+,97?,98+/m0/s1. The zero-order valence-corrected chi connectivity index (χ0v) is 79.4. The van der Waals surface area contributed by atoms with Gasteiger partial charge >= 0.3 is 7.82 Å². The van der Waals surface area contributed by atoms with Crippen molar-refractivity contribution in [3.63, 3.8) is 0 Å². The van der Waals surface area contributed by atoms with Gasteiger partial charge in [0.05, 0.1) is 33.0 Å². The van der Waals surface area contributed by atoms with Crippen LogP contribution in [0.5, 0.6) is 0 Å². The number of aliphatic hydroxyl groups is 9. The summed E-state index contributed by atoms with van der Waals surface area (Å²) < 4.78 is 60.5. The van der Waals surface area contributed by atoms with E-state index in [1.54, 1.807) is 0 Å². The molecule has 3 unspecified atom stereocenters. The Morgan fingerprint density at radius 3 is 0.924 bits per heavy atom. The first-order valence-electron chi connectivity index (χ1n) is 49.2. The summed E-state index contributed by atoms with van der Waals surface area (Å²) in [5, 5.41) is 92.7. The summed E-state index contributed by atoms with van der Waals surface area (Å²) in [4.78, 5) is 10.8. The van der Waals surface area contributed by atoms with Crippen LogP contribution in [0.15, 0.2) is 12.2 Å². The highest BCUT2D eigenvalue weighted by atomic mass is 31.2. The molecular formula is C98H191O19P. The van der Waals surface area contributed by atoms with E-state index in [4.69, 9.17) is 37.5 Å². The minimum absolute atomic E-state index is 0.0699. The molecule has 0 aromatic rings. The van der Waals surface area contributed by atoms with Crippen molar-refractivity contribution in [3.8, 4) is 0 Å². The summed E-state index contributed by atoms with van der Waals surface area (Å²) in [5.74, 6) is 10.7. The molecule has 30 atom stereocenters. The SMILES string of the molecule is C[C@@H]1CCC[C@H](C)CCC[C@H](C)CC[C@@H](C)CCC[C@@H](C)CCC[C@@H](C)CCC[C@@H](C)CCOC[C@@H](COP(=O)(O)OC2[C@@H](O)[C@H](O)C(O)[C@H](O)[C@H]2O)OCC[C@H](C)CCC[C@H](C)CCC[C@H](C)CCC[C@H](C)CC[C@@H](C)CCC[C@@H](C)CCC[C@@H](C)/C=C/C[C@@H](C)CCO[C@H](CO[C@@H]2O[C@H](CO)[C@@H](O)[C@H](O)[C@H]2O)COCC[C@H](C)CCC1. The number of ether oxygens (including phenoxy) is 6. The van der Waals surface area contributed by atoms with Crippen molar-refractivity contribution >= 4 is 7.82 Å². The van der Waals surface area contributed by atoms with E-state index in [1.165, 1.54) is 218 Å². The molecule has 0 amide bonds. The minimum Gasteiger partial charge on any atom is -0.394 e. The van der Waals surface area contributed by atoms with Crippen LogP contribution in [0.3, 0.4) is 0 Å². The Labute approximate surface area is 723 Å². The van der Waals surface area contributed by atoms with E-state index in [1.807, 2.05) is 0 Å². The van der Waals surface area contributed by atoms with Crippen LogP contribution in [0.25, 0.3) is 0 Å². The molecule has 3 rings (SSSR count). The second kappa shape index (κ2) is 65.7. The van der Waals surface area contributed by atoms with Gasteiger partial charge in [-0.2, -0.15) is 0 Å². The topological polar surface area (TPSA) is 293 Å². The maximum absolute atomic E-state index is 13.3. The van der Waals surface area contributed by atoms with Crippen LogP contribution in [0.1, 0.15) is 380 Å². The van der Waals surface area contributed by atoms with E-state index >= 15 is 0 Å². The fraction of sp³-hybridized carbons (Fsp3) is 0.980. The molecule has 2 fully saturated rings. The van der Waals surface area contributed by atoms with Crippen molar-refractivity contribution in [2.75, 3.05) is 59.5 Å². The smallest absolute Gasteiger partial charge is 0.394 e. The van der Waals surface area contributed by atoms with Gasteiger partial charge in [-0.15, -0.1) is 0 Å². The van der Waals surface area contributed by atoms with Gasteiger partial charge in [-0.3, -0.25) is 9.05 Å². The van der Waals surface area contributed by atoms with Gasteiger partial charge in [0.1, 0.15) is 73.2 Å². The third kappa shape index (κ3) is 52.5. The Bertz CT molecular complexity index is 2420. The first-order valence-corrected chi connectivity index (χ1v) is 50.7. The van der Waals surface area contributed by atoms with Crippen molar-refractivity contribution in [1.29, 1.82) is 0 Å². The zero-order chi connectivity index (χ0) is 87.4. The van der Waals surface area contributed by atoms with E-state index in [2.05, 4.69) is 123 Å². The van der Waals surface area contributed by atoms with Gasteiger partial charge in [-0.05, 0) is 133 Å². The molecule has 1 aliphatic carbocycles. The van der Waals surface area contributed by atoms with Crippen molar-refractivity contribution in [2.45, 2.75) is 460 Å². The molecule has 118 heavy (non-hydrogen) atoms. The Hall–Kier alpha value is -0.750. The Morgan fingerprint density at radius 1 is 0.322 bits per heavy atom. The van der Waals surface area contributed by atoms with E-state index in [0.717, 1.165) is 105 Å². The molecule has 0 radical (unpaired) electrons. The summed E-state index contributed by atoms with van der Waals surface area (Å²) in [5.41, 5.74) is 0. The van der Waals surface area contributed by atoms with E-state index < -0.39 is 94.0 Å². The van der Waals surface area contributed by atoms with Crippen LogP contribution < -0.4 is 0 Å². The Balaban J connectivity index is 1.51. The van der Waals surface area contributed by atoms with Crippen LogP contribution in [-0.2, 0) is 42.0 Å². The molecule has 20 heteroatoms. The summed E-state index contributed by atoms with van der Waals surface area (Å²) in [6.45, 7) is 40.1. The lowest BCUT2D eigenvalue weighted by Gasteiger charge is -2.41. The second-order valence-electron chi connectivity index (χ2n) is 40.7. The van der Waals surface area contributed by atoms with Crippen LogP contribution in [0.4, 0.5) is 0 Å². The molecule has 1 saturated carbocycles. The van der Waals surface area contributed by atoms with E-state index in [-0.39, 0.29) is 19.8 Å². The highest BCUT2D eigenvalue weighted by Gasteiger charge is 2.52.